The van der Waals surface area contributed by atoms with Gasteiger partial charge in [-0.15, -0.1) is 0 Å². The SMILES string of the molecule is COc1ccc(C)cc1CN1CCCN(C(=O)c2ccc(NS(=O)O)cc2)CC1. The largest absolute Gasteiger partial charge is 0.496 e. The lowest BCUT2D eigenvalue weighted by Crippen LogP contribution is -2.35. The fraction of sp³-hybridized carbons (Fsp3) is 0.381. The van der Waals surface area contributed by atoms with Crippen LogP contribution < -0.4 is 9.46 Å². The summed E-state index contributed by atoms with van der Waals surface area (Å²) in [6, 6.07) is 12.8. The molecule has 1 amide bonds. The highest BCUT2D eigenvalue weighted by Gasteiger charge is 2.21. The van der Waals surface area contributed by atoms with E-state index in [0.717, 1.165) is 37.4 Å². The molecular weight excluding hydrogens is 390 g/mol. The summed E-state index contributed by atoms with van der Waals surface area (Å²) in [6.07, 6.45) is 0.906. The second-order valence-corrected chi connectivity index (χ2v) is 7.87. The summed E-state index contributed by atoms with van der Waals surface area (Å²) in [4.78, 5) is 17.1. The number of hydrogen-bond donors (Lipinski definition) is 2. The highest BCUT2D eigenvalue weighted by atomic mass is 32.2. The molecular formula is C21H27N3O4S. The predicted molar refractivity (Wildman–Crippen MR) is 114 cm³/mol. The van der Waals surface area contributed by atoms with Gasteiger partial charge < -0.3 is 9.64 Å². The number of nitrogens with one attached hydrogen (secondary N) is 1. The van der Waals surface area contributed by atoms with Crippen LogP contribution in [-0.4, -0.2) is 57.8 Å². The van der Waals surface area contributed by atoms with Crippen molar-refractivity contribution < 1.29 is 18.3 Å². The molecule has 0 spiro atoms. The third-order valence-corrected chi connectivity index (χ3v) is 5.45. The number of hydrogen-bond acceptors (Lipinski definition) is 4. The van der Waals surface area contributed by atoms with E-state index in [2.05, 4.69) is 22.6 Å². The Labute approximate surface area is 174 Å². The van der Waals surface area contributed by atoms with Gasteiger partial charge in [-0.1, -0.05) is 17.7 Å². The van der Waals surface area contributed by atoms with Crippen LogP contribution in [0.25, 0.3) is 0 Å². The van der Waals surface area contributed by atoms with E-state index in [9.17, 15) is 9.00 Å². The number of benzene rings is 2. The number of amides is 1. The quantitative estimate of drug-likeness (QED) is 0.707. The van der Waals surface area contributed by atoms with Gasteiger partial charge in [0.25, 0.3) is 17.2 Å². The van der Waals surface area contributed by atoms with Crippen LogP contribution in [0.15, 0.2) is 42.5 Å². The van der Waals surface area contributed by atoms with Gasteiger partial charge in [-0.2, -0.15) is 0 Å². The number of anilines is 1. The lowest BCUT2D eigenvalue weighted by Gasteiger charge is -2.23. The number of ether oxygens (including phenoxy) is 1. The normalized spacial score (nSPS) is 16.2. The fourth-order valence-electron chi connectivity index (χ4n) is 3.57. The lowest BCUT2D eigenvalue weighted by atomic mass is 10.1. The second-order valence-electron chi connectivity index (χ2n) is 7.17. The molecule has 1 atom stereocenters. The average Bonchev–Trinajstić information content (AvgIpc) is 2.93. The van der Waals surface area contributed by atoms with E-state index in [1.165, 1.54) is 5.56 Å². The Morgan fingerprint density at radius 3 is 2.59 bits per heavy atom. The predicted octanol–water partition coefficient (Wildman–Crippen LogP) is 2.90. The van der Waals surface area contributed by atoms with E-state index in [0.29, 0.717) is 24.3 Å². The van der Waals surface area contributed by atoms with Crippen LogP contribution in [0.4, 0.5) is 5.69 Å². The zero-order chi connectivity index (χ0) is 20.8. The number of carbonyl (C=O) groups excluding carboxylic acids is 1. The maximum atomic E-state index is 12.9. The molecule has 1 unspecified atom stereocenters. The first-order valence-electron chi connectivity index (χ1n) is 9.59. The summed E-state index contributed by atoms with van der Waals surface area (Å²) in [6.45, 7) is 5.96. The van der Waals surface area contributed by atoms with E-state index < -0.39 is 11.3 Å². The van der Waals surface area contributed by atoms with E-state index >= 15 is 0 Å². The summed E-state index contributed by atoms with van der Waals surface area (Å²) >= 11 is -2.13. The van der Waals surface area contributed by atoms with E-state index in [-0.39, 0.29) is 5.91 Å². The summed E-state index contributed by atoms with van der Waals surface area (Å²) in [7, 11) is 1.69. The molecule has 0 aliphatic carbocycles. The van der Waals surface area contributed by atoms with E-state index in [4.69, 9.17) is 9.29 Å². The Morgan fingerprint density at radius 2 is 1.90 bits per heavy atom. The summed E-state index contributed by atoms with van der Waals surface area (Å²) in [5.41, 5.74) is 3.44. The van der Waals surface area contributed by atoms with Crippen LogP contribution in [-0.2, 0) is 17.8 Å². The van der Waals surface area contributed by atoms with Crippen molar-refractivity contribution in [3.63, 3.8) is 0 Å². The van der Waals surface area contributed by atoms with E-state index in [1.807, 2.05) is 17.0 Å². The molecule has 1 aliphatic rings. The standard InChI is InChI=1S/C21H27N3O4S/c1-16-4-9-20(28-2)18(14-16)15-23-10-3-11-24(13-12-23)21(25)17-5-7-19(8-6-17)22-29(26)27/h4-9,14,22H,3,10-13,15H2,1-2H3,(H,26,27). The third kappa shape index (κ3) is 5.79. The van der Waals surface area contributed by atoms with Crippen LogP contribution in [0.1, 0.15) is 27.9 Å². The molecule has 2 N–H and O–H groups in total. The average molecular weight is 418 g/mol. The van der Waals surface area contributed by atoms with Gasteiger partial charge in [0.05, 0.1) is 7.11 Å². The molecule has 29 heavy (non-hydrogen) atoms. The molecule has 2 aromatic rings. The summed E-state index contributed by atoms with van der Waals surface area (Å²) < 4.78 is 27.6. The van der Waals surface area contributed by atoms with Gasteiger partial charge in [0.2, 0.25) is 0 Å². The first kappa shape index (κ1) is 21.3. The molecule has 3 rings (SSSR count). The van der Waals surface area contributed by atoms with Gasteiger partial charge in [-0.25, -0.2) is 4.21 Å². The minimum Gasteiger partial charge on any atom is -0.496 e. The van der Waals surface area contributed by atoms with Crippen molar-refractivity contribution in [3.8, 4) is 5.75 Å². The molecule has 0 bridgehead atoms. The Balaban J connectivity index is 1.61. The highest BCUT2D eigenvalue weighted by molar-refractivity contribution is 7.80. The second kappa shape index (κ2) is 9.87. The van der Waals surface area contributed by atoms with Crippen LogP contribution in [0, 0.1) is 6.92 Å². The molecule has 8 heteroatoms. The maximum Gasteiger partial charge on any atom is 0.259 e. The van der Waals surface area contributed by atoms with Crippen LogP contribution in [0.2, 0.25) is 0 Å². The summed E-state index contributed by atoms with van der Waals surface area (Å²) in [5.74, 6) is 0.877. The van der Waals surface area contributed by atoms with Crippen molar-refractivity contribution in [3.05, 3.63) is 59.2 Å². The number of nitrogens with zero attached hydrogens (tertiary/aromatic N) is 2. The van der Waals surface area contributed by atoms with Crippen molar-refractivity contribution in [1.82, 2.24) is 9.80 Å². The Bertz CT molecular complexity index is 873. The Hall–Kier alpha value is -2.42. The number of carbonyl (C=O) groups is 1. The number of aryl methyl sites for hydroxylation is 1. The Kier molecular flexibility index (Phi) is 7.24. The van der Waals surface area contributed by atoms with Crippen molar-refractivity contribution in [1.29, 1.82) is 0 Å². The van der Waals surface area contributed by atoms with Gasteiger partial charge >= 0.3 is 0 Å². The maximum absolute atomic E-state index is 12.9. The Morgan fingerprint density at radius 1 is 1.14 bits per heavy atom. The molecule has 1 heterocycles. The van der Waals surface area contributed by atoms with Crippen molar-refractivity contribution in [2.75, 3.05) is 38.0 Å². The third-order valence-electron chi connectivity index (χ3n) is 5.04. The van der Waals surface area contributed by atoms with E-state index in [1.54, 1.807) is 31.4 Å². The molecule has 1 aliphatic heterocycles. The van der Waals surface area contributed by atoms with Crippen molar-refractivity contribution in [2.24, 2.45) is 0 Å². The van der Waals surface area contributed by atoms with Gasteiger partial charge in [-0.3, -0.25) is 19.0 Å². The number of methoxy groups -OCH3 is 1. The van der Waals surface area contributed by atoms with Gasteiger partial charge in [0, 0.05) is 49.5 Å². The van der Waals surface area contributed by atoms with Gasteiger partial charge in [0.1, 0.15) is 5.75 Å². The lowest BCUT2D eigenvalue weighted by molar-refractivity contribution is 0.0761. The van der Waals surface area contributed by atoms with Crippen LogP contribution in [0.3, 0.4) is 0 Å². The minimum atomic E-state index is -2.13. The first-order valence-corrected chi connectivity index (χ1v) is 10.7. The minimum absolute atomic E-state index is 0.0170. The van der Waals surface area contributed by atoms with Crippen molar-refractivity contribution in [2.45, 2.75) is 19.9 Å². The molecule has 1 saturated heterocycles. The smallest absolute Gasteiger partial charge is 0.259 e. The molecule has 2 aromatic carbocycles. The zero-order valence-electron chi connectivity index (χ0n) is 16.8. The molecule has 0 saturated carbocycles. The summed E-state index contributed by atoms with van der Waals surface area (Å²) in [5, 5.41) is 0. The van der Waals surface area contributed by atoms with Crippen LogP contribution in [0.5, 0.6) is 5.75 Å². The fourth-order valence-corrected chi connectivity index (χ4v) is 3.91. The molecule has 0 radical (unpaired) electrons. The zero-order valence-corrected chi connectivity index (χ0v) is 17.6. The molecule has 7 nitrogen and oxygen atoms in total. The first-order chi connectivity index (χ1) is 14.0. The highest BCUT2D eigenvalue weighted by Crippen LogP contribution is 2.22. The molecule has 156 valence electrons. The van der Waals surface area contributed by atoms with Gasteiger partial charge in [-0.05, 0) is 43.7 Å². The van der Waals surface area contributed by atoms with Crippen molar-refractivity contribution >= 4 is 22.9 Å². The molecule has 0 aromatic heterocycles. The monoisotopic (exact) mass is 417 g/mol. The molecule has 1 fully saturated rings. The number of rotatable bonds is 6. The van der Waals surface area contributed by atoms with Crippen LogP contribution >= 0.6 is 0 Å². The topological polar surface area (TPSA) is 82.1 Å². The van der Waals surface area contributed by atoms with Gasteiger partial charge in [0.15, 0.2) is 0 Å².